The SMILES string of the molecule is Cc1nc2c(N3C[C@H](OCc4ccc(C(F)(F)F)cc4)C[C@@H]3C)nc(=O)n(C)c2n1C[C@@H]1CCCO1. The highest BCUT2D eigenvalue weighted by molar-refractivity contribution is 5.84. The van der Waals surface area contributed by atoms with E-state index in [2.05, 4.69) is 4.98 Å². The van der Waals surface area contributed by atoms with Gasteiger partial charge in [0.25, 0.3) is 0 Å². The highest BCUT2D eigenvalue weighted by Crippen LogP contribution is 2.32. The predicted octanol–water partition coefficient (Wildman–Crippen LogP) is 3.82. The van der Waals surface area contributed by atoms with Crippen LogP contribution in [-0.2, 0) is 35.8 Å². The number of aryl methyl sites for hydroxylation is 2. The molecule has 2 aromatic heterocycles. The summed E-state index contributed by atoms with van der Waals surface area (Å²) in [4.78, 5) is 24.1. The van der Waals surface area contributed by atoms with Crippen LogP contribution in [0.15, 0.2) is 29.1 Å². The van der Waals surface area contributed by atoms with Crippen molar-refractivity contribution in [3.05, 3.63) is 51.7 Å². The molecule has 11 heteroatoms. The summed E-state index contributed by atoms with van der Waals surface area (Å²) < 4.78 is 53.9. The second-order valence-electron chi connectivity index (χ2n) is 9.72. The Morgan fingerprint density at radius 2 is 1.94 bits per heavy atom. The summed E-state index contributed by atoms with van der Waals surface area (Å²) in [6, 6.07) is 5.06. The quantitative estimate of drug-likeness (QED) is 0.507. The van der Waals surface area contributed by atoms with Crippen molar-refractivity contribution in [3.63, 3.8) is 0 Å². The minimum Gasteiger partial charge on any atom is -0.376 e. The molecule has 0 aliphatic carbocycles. The summed E-state index contributed by atoms with van der Waals surface area (Å²) in [7, 11) is 1.71. The summed E-state index contributed by atoms with van der Waals surface area (Å²) in [5.41, 5.74) is 1.03. The van der Waals surface area contributed by atoms with Crippen LogP contribution in [0.1, 0.15) is 43.1 Å². The van der Waals surface area contributed by atoms with Gasteiger partial charge in [-0.2, -0.15) is 18.2 Å². The van der Waals surface area contributed by atoms with E-state index >= 15 is 0 Å². The fourth-order valence-electron chi connectivity index (χ4n) is 5.16. The number of benzene rings is 1. The minimum atomic E-state index is -4.36. The summed E-state index contributed by atoms with van der Waals surface area (Å²) >= 11 is 0. The second kappa shape index (κ2) is 9.51. The van der Waals surface area contributed by atoms with Crippen LogP contribution in [-0.4, -0.2) is 50.5 Å². The van der Waals surface area contributed by atoms with Gasteiger partial charge in [0, 0.05) is 26.2 Å². The molecule has 0 saturated carbocycles. The number of ether oxygens (including phenoxy) is 2. The Balaban J connectivity index is 1.35. The lowest BCUT2D eigenvalue weighted by molar-refractivity contribution is -0.137. The van der Waals surface area contributed by atoms with Gasteiger partial charge in [-0.25, -0.2) is 9.78 Å². The summed E-state index contributed by atoms with van der Waals surface area (Å²) in [6.45, 7) is 6.07. The van der Waals surface area contributed by atoms with Crippen molar-refractivity contribution in [2.45, 2.75) is 70.7 Å². The smallest absolute Gasteiger partial charge is 0.376 e. The maximum absolute atomic E-state index is 12.8. The zero-order valence-corrected chi connectivity index (χ0v) is 20.6. The second-order valence-corrected chi connectivity index (χ2v) is 9.72. The average Bonchev–Trinajstić information content (AvgIpc) is 3.55. The molecule has 8 nitrogen and oxygen atoms in total. The van der Waals surface area contributed by atoms with Gasteiger partial charge in [-0.1, -0.05) is 12.1 Å². The first-order valence-corrected chi connectivity index (χ1v) is 12.2. The Labute approximate surface area is 206 Å². The fraction of sp³-hybridized carbons (Fsp3) is 0.560. The topological polar surface area (TPSA) is 74.4 Å². The van der Waals surface area contributed by atoms with Crippen LogP contribution >= 0.6 is 0 Å². The van der Waals surface area contributed by atoms with Gasteiger partial charge in [-0.3, -0.25) is 4.57 Å². The molecule has 2 saturated heterocycles. The number of hydrogen-bond donors (Lipinski definition) is 0. The third-order valence-corrected chi connectivity index (χ3v) is 7.14. The number of alkyl halides is 3. The summed E-state index contributed by atoms with van der Waals surface area (Å²) in [5.74, 6) is 1.34. The number of rotatable bonds is 6. The van der Waals surface area contributed by atoms with E-state index in [1.807, 2.05) is 23.3 Å². The summed E-state index contributed by atoms with van der Waals surface area (Å²) in [5, 5.41) is 0. The Morgan fingerprint density at radius 1 is 1.19 bits per heavy atom. The number of nitrogens with zero attached hydrogens (tertiary/aromatic N) is 5. The molecule has 0 bridgehead atoms. The molecule has 0 N–H and O–H groups in total. The van der Waals surface area contributed by atoms with Crippen LogP contribution in [0.5, 0.6) is 0 Å². The van der Waals surface area contributed by atoms with Crippen molar-refractivity contribution in [1.82, 2.24) is 19.1 Å². The fourth-order valence-corrected chi connectivity index (χ4v) is 5.16. The van der Waals surface area contributed by atoms with Crippen molar-refractivity contribution < 1.29 is 22.6 Å². The molecule has 3 aromatic rings. The van der Waals surface area contributed by atoms with Gasteiger partial charge in [-0.15, -0.1) is 0 Å². The lowest BCUT2D eigenvalue weighted by Gasteiger charge is -2.23. The number of aromatic nitrogens is 4. The van der Waals surface area contributed by atoms with E-state index in [4.69, 9.17) is 14.5 Å². The third kappa shape index (κ3) is 4.73. The largest absolute Gasteiger partial charge is 0.416 e. The van der Waals surface area contributed by atoms with E-state index < -0.39 is 11.7 Å². The van der Waals surface area contributed by atoms with Gasteiger partial charge < -0.3 is 18.9 Å². The molecular weight excluding hydrogens is 475 g/mol. The Kier molecular flexibility index (Phi) is 6.54. The van der Waals surface area contributed by atoms with Crippen molar-refractivity contribution in [2.24, 2.45) is 7.05 Å². The van der Waals surface area contributed by atoms with Crippen LogP contribution in [0, 0.1) is 6.92 Å². The first-order valence-electron chi connectivity index (χ1n) is 12.2. The zero-order chi connectivity index (χ0) is 25.6. The van der Waals surface area contributed by atoms with Gasteiger partial charge >= 0.3 is 11.9 Å². The van der Waals surface area contributed by atoms with E-state index in [0.29, 0.717) is 36.4 Å². The van der Waals surface area contributed by atoms with E-state index in [0.717, 1.165) is 43.1 Å². The van der Waals surface area contributed by atoms with Gasteiger partial charge in [0.1, 0.15) is 17.0 Å². The maximum Gasteiger partial charge on any atom is 0.416 e. The number of fused-ring (bicyclic) bond motifs is 1. The number of imidazole rings is 1. The molecule has 0 amide bonds. The molecular formula is C25H30F3N5O3. The lowest BCUT2D eigenvalue weighted by atomic mass is 10.1. The van der Waals surface area contributed by atoms with Crippen LogP contribution in [0.25, 0.3) is 11.2 Å². The molecule has 2 aliphatic rings. The number of halogens is 3. The van der Waals surface area contributed by atoms with Gasteiger partial charge in [0.2, 0.25) is 0 Å². The highest BCUT2D eigenvalue weighted by Gasteiger charge is 2.34. The molecule has 2 aliphatic heterocycles. The zero-order valence-electron chi connectivity index (χ0n) is 20.6. The van der Waals surface area contributed by atoms with E-state index in [9.17, 15) is 18.0 Å². The Morgan fingerprint density at radius 3 is 2.61 bits per heavy atom. The first kappa shape index (κ1) is 24.8. The molecule has 5 rings (SSSR count). The number of anilines is 1. The monoisotopic (exact) mass is 505 g/mol. The summed E-state index contributed by atoms with van der Waals surface area (Å²) in [6.07, 6.45) is -1.71. The van der Waals surface area contributed by atoms with Crippen LogP contribution in [0.3, 0.4) is 0 Å². The molecule has 194 valence electrons. The van der Waals surface area contributed by atoms with Gasteiger partial charge in [0.05, 0.1) is 30.9 Å². The average molecular weight is 506 g/mol. The van der Waals surface area contributed by atoms with E-state index in [1.165, 1.54) is 16.7 Å². The van der Waals surface area contributed by atoms with Crippen molar-refractivity contribution in [1.29, 1.82) is 0 Å². The van der Waals surface area contributed by atoms with E-state index in [-0.39, 0.29) is 30.5 Å². The first-order chi connectivity index (χ1) is 17.1. The van der Waals surface area contributed by atoms with Crippen LogP contribution in [0.2, 0.25) is 0 Å². The van der Waals surface area contributed by atoms with Crippen molar-refractivity contribution in [3.8, 4) is 0 Å². The normalized spacial score (nSPS) is 22.7. The molecule has 0 spiro atoms. The standard InChI is InChI=1S/C25H30F3N5O3/c1-15-11-20(36-14-17-6-8-18(9-7-17)25(26,27)28)13-32(15)22-21-23(31(3)24(34)30-22)33(16(2)29-21)12-19-5-4-10-35-19/h6-9,15,19-20H,4-5,10-14H2,1-3H3/t15-,19-,20+/m0/s1. The Bertz CT molecular complexity index is 1300. The van der Waals surface area contributed by atoms with Gasteiger partial charge in [0.15, 0.2) is 5.82 Å². The third-order valence-electron chi connectivity index (χ3n) is 7.14. The molecule has 3 atom stereocenters. The molecule has 2 fully saturated rings. The van der Waals surface area contributed by atoms with Crippen LogP contribution < -0.4 is 10.6 Å². The highest BCUT2D eigenvalue weighted by atomic mass is 19.4. The van der Waals surface area contributed by atoms with Crippen LogP contribution in [0.4, 0.5) is 19.0 Å². The lowest BCUT2D eigenvalue weighted by Crippen LogP contribution is -2.33. The van der Waals surface area contributed by atoms with Crippen molar-refractivity contribution in [2.75, 3.05) is 18.1 Å². The predicted molar refractivity (Wildman–Crippen MR) is 128 cm³/mol. The minimum absolute atomic E-state index is 0.0500. The molecule has 0 unspecified atom stereocenters. The maximum atomic E-state index is 12.8. The molecule has 0 radical (unpaired) electrons. The molecule has 1 aromatic carbocycles. The van der Waals surface area contributed by atoms with E-state index in [1.54, 1.807) is 7.05 Å². The Hall–Kier alpha value is -2.92. The van der Waals surface area contributed by atoms with Crippen molar-refractivity contribution >= 4 is 17.0 Å². The number of hydrogen-bond acceptors (Lipinski definition) is 6. The molecule has 36 heavy (non-hydrogen) atoms. The van der Waals surface area contributed by atoms with Gasteiger partial charge in [-0.05, 0) is 50.8 Å². The molecule has 4 heterocycles.